The van der Waals surface area contributed by atoms with Crippen LogP contribution in [0.5, 0.6) is 0 Å². The first-order chi connectivity index (χ1) is 6.38. The molecule has 1 heterocycles. The Labute approximate surface area is 78.1 Å². The monoisotopic (exact) mass is 177 g/mol. The molecule has 0 aromatic carbocycles. The van der Waals surface area contributed by atoms with Gasteiger partial charge >= 0.3 is 0 Å². The average Bonchev–Trinajstić information content (AvgIpc) is 2.68. The number of nitrogens with zero attached hydrogens (tertiary/aromatic N) is 3. The van der Waals surface area contributed by atoms with Crippen LogP contribution < -0.4 is 0 Å². The van der Waals surface area contributed by atoms with Gasteiger partial charge in [0, 0.05) is 6.20 Å². The molecule has 4 atom stereocenters. The minimum absolute atomic E-state index is 0.567. The lowest BCUT2D eigenvalue weighted by atomic mass is 10.1. The van der Waals surface area contributed by atoms with Gasteiger partial charge in [-0.15, -0.1) is 5.10 Å². The molecule has 13 heavy (non-hydrogen) atoms. The standard InChI is InChI=1S/C10H15N3/c1-7(13-6-5-11-12-13)10-8-3-2-4-9(8)10/h5-10H,2-4H2,1H3/t7?,8-,9+,10?. The van der Waals surface area contributed by atoms with E-state index in [4.69, 9.17) is 0 Å². The van der Waals surface area contributed by atoms with Crippen LogP contribution in [0.25, 0.3) is 0 Å². The van der Waals surface area contributed by atoms with Gasteiger partial charge in [-0.1, -0.05) is 11.6 Å². The molecule has 0 amide bonds. The largest absolute Gasteiger partial charge is 0.250 e. The minimum Gasteiger partial charge on any atom is -0.250 e. The van der Waals surface area contributed by atoms with Crippen molar-refractivity contribution in [2.24, 2.45) is 17.8 Å². The highest BCUT2D eigenvalue weighted by molar-refractivity contribution is 5.04. The molecule has 2 unspecified atom stereocenters. The molecule has 2 fully saturated rings. The first-order valence-electron chi connectivity index (χ1n) is 5.24. The fourth-order valence-electron chi connectivity index (χ4n) is 3.20. The summed E-state index contributed by atoms with van der Waals surface area (Å²) in [6.07, 6.45) is 8.12. The fraction of sp³-hybridized carbons (Fsp3) is 0.800. The molecule has 0 radical (unpaired) electrons. The van der Waals surface area contributed by atoms with Gasteiger partial charge in [-0.05, 0) is 37.5 Å². The van der Waals surface area contributed by atoms with Crippen molar-refractivity contribution >= 4 is 0 Å². The molecule has 0 saturated heterocycles. The number of aromatic nitrogens is 3. The molecule has 2 saturated carbocycles. The summed E-state index contributed by atoms with van der Waals surface area (Å²) in [5.74, 6) is 2.92. The van der Waals surface area contributed by atoms with Crippen LogP contribution in [0.2, 0.25) is 0 Å². The van der Waals surface area contributed by atoms with E-state index in [1.165, 1.54) is 19.3 Å². The van der Waals surface area contributed by atoms with E-state index in [0.29, 0.717) is 6.04 Å². The van der Waals surface area contributed by atoms with Crippen molar-refractivity contribution in [3.05, 3.63) is 12.4 Å². The Morgan fingerprint density at radius 1 is 1.38 bits per heavy atom. The second kappa shape index (κ2) is 2.56. The summed E-state index contributed by atoms with van der Waals surface area (Å²) < 4.78 is 2.02. The van der Waals surface area contributed by atoms with Gasteiger partial charge in [0.15, 0.2) is 0 Å². The molecule has 3 nitrogen and oxygen atoms in total. The van der Waals surface area contributed by atoms with E-state index < -0.39 is 0 Å². The Hall–Kier alpha value is -0.860. The third-order valence-corrected chi connectivity index (χ3v) is 3.89. The Bertz CT molecular complexity index is 283. The molecule has 0 N–H and O–H groups in total. The van der Waals surface area contributed by atoms with Crippen LogP contribution in [0.15, 0.2) is 12.4 Å². The summed E-state index contributed by atoms with van der Waals surface area (Å²) in [5.41, 5.74) is 0. The molecule has 0 spiro atoms. The van der Waals surface area contributed by atoms with Gasteiger partial charge in [0.25, 0.3) is 0 Å². The van der Waals surface area contributed by atoms with E-state index >= 15 is 0 Å². The van der Waals surface area contributed by atoms with E-state index in [1.54, 1.807) is 6.20 Å². The predicted octanol–water partition coefficient (Wildman–Crippen LogP) is 1.89. The van der Waals surface area contributed by atoms with Crippen molar-refractivity contribution in [2.75, 3.05) is 0 Å². The highest BCUT2D eigenvalue weighted by atomic mass is 15.4. The lowest BCUT2D eigenvalue weighted by Crippen LogP contribution is -2.11. The molecule has 0 bridgehead atoms. The topological polar surface area (TPSA) is 30.7 Å². The fourth-order valence-corrected chi connectivity index (χ4v) is 3.20. The van der Waals surface area contributed by atoms with E-state index in [0.717, 1.165) is 17.8 Å². The first-order valence-corrected chi connectivity index (χ1v) is 5.24. The Balaban J connectivity index is 1.74. The van der Waals surface area contributed by atoms with Crippen molar-refractivity contribution in [1.29, 1.82) is 0 Å². The van der Waals surface area contributed by atoms with Gasteiger partial charge in [-0.3, -0.25) is 0 Å². The van der Waals surface area contributed by atoms with E-state index in [-0.39, 0.29) is 0 Å². The lowest BCUT2D eigenvalue weighted by Gasteiger charge is -2.12. The number of rotatable bonds is 2. The van der Waals surface area contributed by atoms with E-state index in [1.807, 2.05) is 10.9 Å². The molecule has 1 aromatic heterocycles. The molecule has 3 rings (SSSR count). The maximum Gasteiger partial charge on any atom is 0.0693 e. The zero-order valence-corrected chi connectivity index (χ0v) is 7.93. The van der Waals surface area contributed by atoms with Crippen LogP contribution in [0.1, 0.15) is 32.2 Å². The summed E-state index contributed by atoms with van der Waals surface area (Å²) in [6, 6.07) is 0.567. The zero-order chi connectivity index (χ0) is 8.84. The second-order valence-electron chi connectivity index (χ2n) is 4.46. The van der Waals surface area contributed by atoms with Gasteiger partial charge in [-0.2, -0.15) is 0 Å². The maximum atomic E-state index is 4.07. The lowest BCUT2D eigenvalue weighted by molar-refractivity contribution is 0.376. The number of hydrogen-bond acceptors (Lipinski definition) is 2. The highest BCUT2D eigenvalue weighted by Gasteiger charge is 2.55. The van der Waals surface area contributed by atoms with Crippen LogP contribution in [-0.2, 0) is 0 Å². The van der Waals surface area contributed by atoms with Gasteiger partial charge in [0.2, 0.25) is 0 Å². The summed E-state index contributed by atoms with van der Waals surface area (Å²) in [7, 11) is 0. The van der Waals surface area contributed by atoms with Gasteiger partial charge in [0.05, 0.1) is 12.2 Å². The quantitative estimate of drug-likeness (QED) is 0.690. The average molecular weight is 177 g/mol. The van der Waals surface area contributed by atoms with Crippen LogP contribution in [0.4, 0.5) is 0 Å². The number of hydrogen-bond donors (Lipinski definition) is 0. The molecule has 2 aliphatic rings. The predicted molar refractivity (Wildman–Crippen MR) is 49.1 cm³/mol. The maximum absolute atomic E-state index is 4.07. The molecule has 70 valence electrons. The van der Waals surface area contributed by atoms with Crippen LogP contribution >= 0.6 is 0 Å². The second-order valence-corrected chi connectivity index (χ2v) is 4.46. The molecule has 2 aliphatic carbocycles. The minimum atomic E-state index is 0.567. The van der Waals surface area contributed by atoms with Crippen molar-refractivity contribution in [3.63, 3.8) is 0 Å². The Morgan fingerprint density at radius 2 is 2.15 bits per heavy atom. The van der Waals surface area contributed by atoms with Crippen molar-refractivity contribution in [2.45, 2.75) is 32.2 Å². The van der Waals surface area contributed by atoms with Gasteiger partial charge < -0.3 is 0 Å². The molecule has 1 aromatic rings. The summed E-state index contributed by atoms with van der Waals surface area (Å²) >= 11 is 0. The summed E-state index contributed by atoms with van der Waals surface area (Å²) in [4.78, 5) is 0. The van der Waals surface area contributed by atoms with Gasteiger partial charge in [0.1, 0.15) is 0 Å². The Morgan fingerprint density at radius 3 is 2.77 bits per heavy atom. The first kappa shape index (κ1) is 7.54. The SMILES string of the molecule is CC(C1[C@H]2CCC[C@@H]12)n1ccnn1. The molecular weight excluding hydrogens is 162 g/mol. The van der Waals surface area contributed by atoms with E-state index in [2.05, 4.69) is 17.2 Å². The van der Waals surface area contributed by atoms with Crippen molar-refractivity contribution < 1.29 is 0 Å². The number of fused-ring (bicyclic) bond motifs is 1. The van der Waals surface area contributed by atoms with Crippen molar-refractivity contribution in [3.8, 4) is 0 Å². The molecular formula is C10H15N3. The Kier molecular flexibility index (Phi) is 1.49. The summed E-state index contributed by atoms with van der Waals surface area (Å²) in [6.45, 7) is 2.28. The smallest absolute Gasteiger partial charge is 0.0693 e. The van der Waals surface area contributed by atoms with Crippen molar-refractivity contribution in [1.82, 2.24) is 15.0 Å². The van der Waals surface area contributed by atoms with Crippen LogP contribution in [0.3, 0.4) is 0 Å². The highest BCUT2D eigenvalue weighted by Crippen LogP contribution is 2.61. The summed E-state index contributed by atoms with van der Waals surface area (Å²) in [5, 5.41) is 7.93. The van der Waals surface area contributed by atoms with Crippen LogP contribution in [-0.4, -0.2) is 15.0 Å². The third-order valence-electron chi connectivity index (χ3n) is 3.89. The van der Waals surface area contributed by atoms with Gasteiger partial charge in [-0.25, -0.2) is 4.68 Å². The van der Waals surface area contributed by atoms with Crippen LogP contribution in [0, 0.1) is 17.8 Å². The normalized spacial score (nSPS) is 38.7. The van der Waals surface area contributed by atoms with E-state index in [9.17, 15) is 0 Å². The zero-order valence-electron chi connectivity index (χ0n) is 7.93. The molecule has 3 heteroatoms. The molecule has 0 aliphatic heterocycles. The third kappa shape index (κ3) is 1.02.